The Kier molecular flexibility index (Phi) is 2.61. The Balaban J connectivity index is 2.76. The normalized spacial score (nSPS) is 17.8. The summed E-state index contributed by atoms with van der Waals surface area (Å²) >= 11 is 0. The van der Waals surface area contributed by atoms with Gasteiger partial charge in [0.2, 0.25) is 0 Å². The van der Waals surface area contributed by atoms with Crippen LogP contribution in [0.1, 0.15) is 13.8 Å². The number of allylic oxidation sites excluding steroid dienone is 4. The lowest BCUT2D eigenvalue weighted by Crippen LogP contribution is -2.00. The van der Waals surface area contributed by atoms with Gasteiger partial charge in [-0.25, -0.2) is 0 Å². The molecule has 0 aromatic rings. The summed E-state index contributed by atoms with van der Waals surface area (Å²) in [6.45, 7) is 9.04. The van der Waals surface area contributed by atoms with Crippen LogP contribution in [0, 0.1) is 5.92 Å². The highest BCUT2D eigenvalue weighted by Gasteiger charge is 2.07. The van der Waals surface area contributed by atoms with E-state index in [2.05, 4.69) is 44.8 Å². The van der Waals surface area contributed by atoms with Crippen molar-refractivity contribution in [3.05, 3.63) is 23.3 Å². The van der Waals surface area contributed by atoms with Crippen LogP contribution in [0.25, 0.3) is 0 Å². The van der Waals surface area contributed by atoms with Crippen molar-refractivity contribution in [3.63, 3.8) is 0 Å². The standard InChI is InChI=1S/C10H16Si/c1-8-5-10(6-9(8)2)7-11(3)4/h5-7,10H,1-4H3. The minimum Gasteiger partial charge on any atom is -0.0935 e. The first kappa shape index (κ1) is 8.66. The average Bonchev–Trinajstić information content (AvgIpc) is 2.10. The van der Waals surface area contributed by atoms with E-state index in [1.165, 1.54) is 11.1 Å². The van der Waals surface area contributed by atoms with E-state index in [9.17, 15) is 0 Å². The molecule has 0 amide bonds. The van der Waals surface area contributed by atoms with Crippen LogP contribution in [-0.4, -0.2) is 14.1 Å². The van der Waals surface area contributed by atoms with Gasteiger partial charge in [-0.2, -0.15) is 0 Å². The molecule has 0 bridgehead atoms. The van der Waals surface area contributed by atoms with Crippen LogP contribution in [0.5, 0.6) is 0 Å². The van der Waals surface area contributed by atoms with E-state index < -0.39 is 0 Å². The van der Waals surface area contributed by atoms with Crippen LogP contribution in [0.2, 0.25) is 13.1 Å². The summed E-state index contributed by atoms with van der Waals surface area (Å²) in [6.07, 6.45) is 4.71. The van der Waals surface area contributed by atoms with Gasteiger partial charge >= 0.3 is 0 Å². The fourth-order valence-corrected chi connectivity index (χ4v) is 2.33. The van der Waals surface area contributed by atoms with Gasteiger partial charge in [-0.05, 0) is 22.3 Å². The van der Waals surface area contributed by atoms with E-state index in [4.69, 9.17) is 0 Å². The van der Waals surface area contributed by atoms with Crippen molar-refractivity contribution in [2.45, 2.75) is 26.9 Å². The molecule has 0 N–H and O–H groups in total. The van der Waals surface area contributed by atoms with E-state index >= 15 is 0 Å². The van der Waals surface area contributed by atoms with Crippen LogP contribution in [0.15, 0.2) is 23.3 Å². The van der Waals surface area contributed by atoms with Crippen molar-refractivity contribution in [2.75, 3.05) is 0 Å². The van der Waals surface area contributed by atoms with Crippen molar-refractivity contribution < 1.29 is 0 Å². The van der Waals surface area contributed by atoms with Crippen molar-refractivity contribution >= 4 is 14.1 Å². The quantitative estimate of drug-likeness (QED) is 0.523. The molecule has 0 saturated carbocycles. The van der Waals surface area contributed by atoms with Gasteiger partial charge < -0.3 is 0 Å². The molecule has 0 radical (unpaired) electrons. The molecule has 0 aromatic carbocycles. The minimum atomic E-state index is -0.178. The van der Waals surface area contributed by atoms with Gasteiger partial charge in [0, 0.05) is 5.92 Å². The SMILES string of the molecule is CC1=CC(C=[Si](C)C)C=C1C. The summed E-state index contributed by atoms with van der Waals surface area (Å²) in [4.78, 5) is 0. The third-order valence-electron chi connectivity index (χ3n) is 2.03. The minimum absolute atomic E-state index is 0.178. The summed E-state index contributed by atoms with van der Waals surface area (Å²) in [5.74, 6) is 0.638. The van der Waals surface area contributed by atoms with E-state index in [-0.39, 0.29) is 8.41 Å². The molecule has 0 spiro atoms. The molecule has 11 heavy (non-hydrogen) atoms. The van der Waals surface area contributed by atoms with E-state index in [1.807, 2.05) is 0 Å². The fourth-order valence-electron chi connectivity index (χ4n) is 1.37. The van der Waals surface area contributed by atoms with E-state index in [0.29, 0.717) is 5.92 Å². The van der Waals surface area contributed by atoms with Gasteiger partial charge in [-0.15, -0.1) is 0 Å². The van der Waals surface area contributed by atoms with Crippen LogP contribution in [-0.2, 0) is 0 Å². The summed E-state index contributed by atoms with van der Waals surface area (Å²) in [5, 5.41) is 0. The zero-order chi connectivity index (χ0) is 8.43. The molecule has 1 aliphatic carbocycles. The molecule has 0 aromatic heterocycles. The summed E-state index contributed by atoms with van der Waals surface area (Å²) in [6, 6.07) is 0. The topological polar surface area (TPSA) is 0 Å². The van der Waals surface area contributed by atoms with Gasteiger partial charge in [-0.1, -0.05) is 42.1 Å². The van der Waals surface area contributed by atoms with Gasteiger partial charge in [0.1, 0.15) is 0 Å². The molecule has 0 saturated heterocycles. The molecule has 0 unspecified atom stereocenters. The lowest BCUT2D eigenvalue weighted by Gasteiger charge is -1.95. The first-order valence-corrected chi connectivity index (χ1v) is 6.69. The Morgan fingerprint density at radius 3 is 2.00 bits per heavy atom. The van der Waals surface area contributed by atoms with Crippen LogP contribution in [0.3, 0.4) is 0 Å². The predicted molar refractivity (Wildman–Crippen MR) is 54.6 cm³/mol. The first-order chi connectivity index (χ1) is 5.09. The van der Waals surface area contributed by atoms with Gasteiger partial charge in [0.05, 0.1) is 0 Å². The second kappa shape index (κ2) is 3.31. The largest absolute Gasteiger partial charge is 0.0935 e. The Morgan fingerprint density at radius 1 is 1.18 bits per heavy atom. The zero-order valence-corrected chi connectivity index (χ0v) is 8.81. The van der Waals surface area contributed by atoms with Gasteiger partial charge in [0.25, 0.3) is 0 Å². The summed E-state index contributed by atoms with van der Waals surface area (Å²) in [5.41, 5.74) is 5.38. The van der Waals surface area contributed by atoms with Gasteiger partial charge in [-0.3, -0.25) is 0 Å². The molecule has 1 heteroatoms. The number of rotatable bonds is 1. The highest BCUT2D eigenvalue weighted by Crippen LogP contribution is 2.21. The molecule has 0 heterocycles. The second-order valence-electron chi connectivity index (χ2n) is 3.52. The van der Waals surface area contributed by atoms with Crippen LogP contribution in [0.4, 0.5) is 0 Å². The Morgan fingerprint density at radius 2 is 1.64 bits per heavy atom. The lowest BCUT2D eigenvalue weighted by molar-refractivity contribution is 1.21. The predicted octanol–water partition coefficient (Wildman–Crippen LogP) is 2.65. The van der Waals surface area contributed by atoms with Crippen LogP contribution < -0.4 is 0 Å². The molecule has 1 rings (SSSR count). The first-order valence-electron chi connectivity index (χ1n) is 4.12. The molecule has 60 valence electrons. The average molecular weight is 164 g/mol. The smallest absolute Gasteiger partial charge is 0.00997 e. The Labute approximate surface area is 70.9 Å². The highest BCUT2D eigenvalue weighted by molar-refractivity contribution is 6.64. The fraction of sp³-hybridized carbons (Fsp3) is 0.500. The van der Waals surface area contributed by atoms with Crippen molar-refractivity contribution in [1.29, 1.82) is 0 Å². The maximum absolute atomic E-state index is 2.48. The Bertz CT molecular complexity index is 219. The third-order valence-corrected chi connectivity index (χ3v) is 3.08. The molecule has 0 fully saturated rings. The monoisotopic (exact) mass is 164 g/mol. The van der Waals surface area contributed by atoms with Crippen molar-refractivity contribution in [1.82, 2.24) is 0 Å². The maximum atomic E-state index is 2.48. The number of hydrogen-bond acceptors (Lipinski definition) is 0. The molecule has 1 aliphatic rings. The highest BCUT2D eigenvalue weighted by atomic mass is 28.2. The lowest BCUT2D eigenvalue weighted by atomic mass is 10.2. The molecular formula is C10H16Si. The van der Waals surface area contributed by atoms with E-state index in [1.54, 1.807) is 0 Å². The molecular weight excluding hydrogens is 148 g/mol. The maximum Gasteiger partial charge on any atom is 0.00997 e. The summed E-state index contributed by atoms with van der Waals surface area (Å²) < 4.78 is 0. The third kappa shape index (κ3) is 2.26. The Hall–Kier alpha value is -0.433. The molecule has 0 atom stereocenters. The van der Waals surface area contributed by atoms with E-state index in [0.717, 1.165) is 0 Å². The molecule has 0 nitrogen and oxygen atoms in total. The molecule has 0 aliphatic heterocycles. The van der Waals surface area contributed by atoms with Crippen molar-refractivity contribution in [3.8, 4) is 0 Å². The van der Waals surface area contributed by atoms with Crippen LogP contribution >= 0.6 is 0 Å². The second-order valence-corrected chi connectivity index (χ2v) is 6.01. The zero-order valence-electron chi connectivity index (χ0n) is 7.81. The van der Waals surface area contributed by atoms with Gasteiger partial charge in [0.15, 0.2) is 0 Å². The number of hydrogen-bond donors (Lipinski definition) is 0. The summed E-state index contributed by atoms with van der Waals surface area (Å²) in [7, 11) is -0.178. The van der Waals surface area contributed by atoms with Crippen molar-refractivity contribution in [2.24, 2.45) is 5.92 Å².